The SMILES string of the molecule is Cc1[nH]nc(C(=O)O)c1S(=O)(=O)Nc1cc(Cl)cc(Cl)c1. The highest BCUT2D eigenvalue weighted by Crippen LogP contribution is 2.26. The topological polar surface area (TPSA) is 112 Å². The molecule has 0 saturated carbocycles. The van der Waals surface area contributed by atoms with Crippen LogP contribution in [0, 0.1) is 6.92 Å². The van der Waals surface area contributed by atoms with Gasteiger partial charge < -0.3 is 5.11 Å². The van der Waals surface area contributed by atoms with E-state index in [0.29, 0.717) is 0 Å². The van der Waals surface area contributed by atoms with Gasteiger partial charge in [0.15, 0.2) is 5.69 Å². The van der Waals surface area contributed by atoms with Gasteiger partial charge in [0.2, 0.25) is 0 Å². The van der Waals surface area contributed by atoms with Crippen LogP contribution < -0.4 is 4.72 Å². The Bertz CT molecular complexity index is 797. The van der Waals surface area contributed by atoms with Crippen LogP contribution >= 0.6 is 23.2 Å². The van der Waals surface area contributed by atoms with Gasteiger partial charge in [-0.3, -0.25) is 9.82 Å². The van der Waals surface area contributed by atoms with Crippen molar-refractivity contribution in [1.82, 2.24) is 10.2 Å². The average Bonchev–Trinajstić information content (AvgIpc) is 2.69. The smallest absolute Gasteiger partial charge is 0.357 e. The van der Waals surface area contributed by atoms with Gasteiger partial charge in [0.05, 0.1) is 11.4 Å². The Hall–Kier alpha value is -1.77. The minimum Gasteiger partial charge on any atom is -0.476 e. The molecule has 3 N–H and O–H groups in total. The average molecular weight is 350 g/mol. The molecule has 0 atom stereocenters. The summed E-state index contributed by atoms with van der Waals surface area (Å²) in [6, 6.07) is 4.13. The molecule has 0 spiro atoms. The summed E-state index contributed by atoms with van der Waals surface area (Å²) in [7, 11) is -4.15. The van der Waals surface area contributed by atoms with E-state index in [2.05, 4.69) is 14.9 Å². The monoisotopic (exact) mass is 349 g/mol. The molecule has 0 aliphatic rings. The summed E-state index contributed by atoms with van der Waals surface area (Å²) >= 11 is 11.6. The molecular weight excluding hydrogens is 341 g/mol. The van der Waals surface area contributed by atoms with Crippen LogP contribution in [0.2, 0.25) is 10.0 Å². The third kappa shape index (κ3) is 3.29. The molecule has 1 aromatic carbocycles. The highest BCUT2D eigenvalue weighted by molar-refractivity contribution is 7.92. The molecule has 2 aromatic rings. The van der Waals surface area contributed by atoms with Gasteiger partial charge in [-0.15, -0.1) is 0 Å². The lowest BCUT2D eigenvalue weighted by Gasteiger charge is -2.09. The summed E-state index contributed by atoms with van der Waals surface area (Å²) in [5, 5.41) is 15.3. The van der Waals surface area contributed by atoms with E-state index in [-0.39, 0.29) is 21.4 Å². The number of anilines is 1. The summed E-state index contributed by atoms with van der Waals surface area (Å²) in [6.07, 6.45) is 0. The quantitative estimate of drug-likeness (QED) is 0.784. The maximum atomic E-state index is 12.3. The normalized spacial score (nSPS) is 11.4. The highest BCUT2D eigenvalue weighted by atomic mass is 35.5. The number of aromatic carboxylic acids is 1. The number of nitrogens with one attached hydrogen (secondary N) is 2. The number of aromatic amines is 1. The number of aryl methyl sites for hydroxylation is 1. The fraction of sp³-hybridized carbons (Fsp3) is 0.0909. The lowest BCUT2D eigenvalue weighted by Crippen LogP contribution is -2.17. The van der Waals surface area contributed by atoms with Crippen molar-refractivity contribution in [3.05, 3.63) is 39.6 Å². The van der Waals surface area contributed by atoms with E-state index in [1.807, 2.05) is 0 Å². The Labute approximate surface area is 129 Å². The summed E-state index contributed by atoms with van der Waals surface area (Å²) in [5.41, 5.74) is -0.370. The first kappa shape index (κ1) is 15.6. The predicted molar refractivity (Wildman–Crippen MR) is 77.6 cm³/mol. The standard InChI is InChI=1S/C11H9Cl2N3O4S/c1-5-10(9(11(17)18)15-14-5)21(19,20)16-8-3-6(12)2-7(13)4-8/h2-4,16H,1H3,(H,14,15)(H,17,18). The largest absolute Gasteiger partial charge is 0.476 e. The fourth-order valence-electron chi connectivity index (χ4n) is 1.71. The molecule has 0 bridgehead atoms. The van der Waals surface area contributed by atoms with Gasteiger partial charge in [-0.25, -0.2) is 13.2 Å². The lowest BCUT2D eigenvalue weighted by molar-refractivity contribution is 0.0686. The van der Waals surface area contributed by atoms with Crippen LogP contribution in [0.5, 0.6) is 0 Å². The fourth-order valence-corrected chi connectivity index (χ4v) is 3.60. The van der Waals surface area contributed by atoms with Gasteiger partial charge >= 0.3 is 5.97 Å². The number of halogens is 2. The van der Waals surface area contributed by atoms with Crippen molar-refractivity contribution in [2.75, 3.05) is 4.72 Å². The van der Waals surface area contributed by atoms with Crippen LogP contribution in [0.15, 0.2) is 23.1 Å². The number of H-pyrrole nitrogens is 1. The van der Waals surface area contributed by atoms with Crippen molar-refractivity contribution in [2.45, 2.75) is 11.8 Å². The third-order valence-corrected chi connectivity index (χ3v) is 4.46. The summed E-state index contributed by atoms with van der Waals surface area (Å²) in [6.45, 7) is 1.40. The van der Waals surface area contributed by atoms with Gasteiger partial charge in [-0.1, -0.05) is 23.2 Å². The number of benzene rings is 1. The summed E-state index contributed by atoms with van der Waals surface area (Å²) < 4.78 is 26.8. The van der Waals surface area contributed by atoms with E-state index in [0.717, 1.165) is 0 Å². The van der Waals surface area contributed by atoms with Crippen LogP contribution in [-0.2, 0) is 10.0 Å². The lowest BCUT2D eigenvalue weighted by atomic mass is 10.3. The van der Waals surface area contributed by atoms with Crippen molar-refractivity contribution in [3.63, 3.8) is 0 Å². The van der Waals surface area contributed by atoms with E-state index >= 15 is 0 Å². The van der Waals surface area contributed by atoms with Crippen LogP contribution in [0.1, 0.15) is 16.2 Å². The Morgan fingerprint density at radius 3 is 2.38 bits per heavy atom. The first-order chi connectivity index (χ1) is 9.70. The number of carboxylic acid groups (broad SMARTS) is 1. The van der Waals surface area contributed by atoms with Gasteiger partial charge in [0.1, 0.15) is 4.90 Å². The van der Waals surface area contributed by atoms with Gasteiger partial charge in [-0.05, 0) is 25.1 Å². The molecule has 0 saturated heterocycles. The number of aromatic nitrogens is 2. The molecule has 0 fully saturated rings. The van der Waals surface area contributed by atoms with E-state index in [1.54, 1.807) is 0 Å². The Kier molecular flexibility index (Phi) is 4.13. The molecule has 2 rings (SSSR count). The molecule has 0 unspecified atom stereocenters. The Morgan fingerprint density at radius 2 is 1.86 bits per heavy atom. The Balaban J connectivity index is 2.48. The second-order valence-corrected chi connectivity index (χ2v) is 6.59. The van der Waals surface area contributed by atoms with E-state index in [1.165, 1.54) is 25.1 Å². The Morgan fingerprint density at radius 1 is 1.29 bits per heavy atom. The van der Waals surface area contributed by atoms with Crippen molar-refractivity contribution < 1.29 is 18.3 Å². The number of hydrogen-bond acceptors (Lipinski definition) is 4. The molecule has 0 radical (unpaired) electrons. The van der Waals surface area contributed by atoms with Crippen LogP contribution in [-0.4, -0.2) is 29.7 Å². The zero-order valence-electron chi connectivity index (χ0n) is 10.5. The number of sulfonamides is 1. The van der Waals surface area contributed by atoms with Gasteiger partial charge in [0, 0.05) is 10.0 Å². The van der Waals surface area contributed by atoms with Crippen molar-refractivity contribution >= 4 is 44.9 Å². The maximum Gasteiger partial charge on any atom is 0.357 e. The number of carboxylic acids is 1. The number of rotatable bonds is 4. The molecule has 21 heavy (non-hydrogen) atoms. The molecule has 0 amide bonds. The molecule has 0 aliphatic heterocycles. The molecule has 1 aromatic heterocycles. The van der Waals surface area contributed by atoms with Gasteiger partial charge in [0.25, 0.3) is 10.0 Å². The van der Waals surface area contributed by atoms with Crippen molar-refractivity contribution in [3.8, 4) is 0 Å². The molecule has 0 aliphatic carbocycles. The van der Waals surface area contributed by atoms with Crippen LogP contribution in [0.25, 0.3) is 0 Å². The number of nitrogens with zero attached hydrogens (tertiary/aromatic N) is 1. The first-order valence-corrected chi connectivity index (χ1v) is 7.72. The summed E-state index contributed by atoms with van der Waals surface area (Å²) in [5.74, 6) is -1.45. The summed E-state index contributed by atoms with van der Waals surface area (Å²) in [4.78, 5) is 10.6. The second-order valence-electron chi connectivity index (χ2n) is 4.10. The second kappa shape index (κ2) is 5.55. The third-order valence-electron chi connectivity index (χ3n) is 2.48. The molecule has 7 nitrogen and oxygen atoms in total. The minimum absolute atomic E-state index is 0.105. The van der Waals surface area contributed by atoms with Gasteiger partial charge in [-0.2, -0.15) is 5.10 Å². The number of carbonyl (C=O) groups is 1. The molecule has 1 heterocycles. The number of hydrogen-bond donors (Lipinski definition) is 3. The highest BCUT2D eigenvalue weighted by Gasteiger charge is 2.28. The van der Waals surface area contributed by atoms with E-state index in [9.17, 15) is 13.2 Å². The molecule has 112 valence electrons. The van der Waals surface area contributed by atoms with E-state index in [4.69, 9.17) is 28.3 Å². The van der Waals surface area contributed by atoms with Crippen molar-refractivity contribution in [2.24, 2.45) is 0 Å². The van der Waals surface area contributed by atoms with Crippen LogP contribution in [0.4, 0.5) is 5.69 Å². The zero-order valence-corrected chi connectivity index (χ0v) is 12.8. The zero-order chi connectivity index (χ0) is 15.8. The van der Waals surface area contributed by atoms with Crippen molar-refractivity contribution in [1.29, 1.82) is 0 Å². The van der Waals surface area contributed by atoms with Crippen LogP contribution in [0.3, 0.4) is 0 Å². The minimum atomic E-state index is -4.15. The molecular formula is C11H9Cl2N3O4S. The molecule has 10 heteroatoms. The van der Waals surface area contributed by atoms with E-state index < -0.39 is 26.6 Å². The first-order valence-electron chi connectivity index (χ1n) is 5.48. The maximum absolute atomic E-state index is 12.3. The predicted octanol–water partition coefficient (Wildman–Crippen LogP) is 2.52.